The van der Waals surface area contributed by atoms with Gasteiger partial charge in [-0.3, -0.25) is 0 Å². The summed E-state index contributed by atoms with van der Waals surface area (Å²) in [5.41, 5.74) is -2.12. The van der Waals surface area contributed by atoms with Gasteiger partial charge in [0.2, 0.25) is 0 Å². The fourth-order valence-corrected chi connectivity index (χ4v) is 2.87. The van der Waals surface area contributed by atoms with Crippen LogP contribution < -0.4 is 0 Å². The quantitative estimate of drug-likeness (QED) is 0.712. The highest BCUT2D eigenvalue weighted by Gasteiger charge is 2.69. The lowest BCUT2D eigenvalue weighted by atomic mass is 9.44. The fraction of sp³-hybridized carbons (Fsp3) is 0.467. The molecule has 2 rings (SSSR count). The van der Waals surface area contributed by atoms with Gasteiger partial charge in [0.1, 0.15) is 0 Å². The Morgan fingerprint density at radius 2 is 1.68 bits per heavy atom. The predicted octanol–water partition coefficient (Wildman–Crippen LogP) is 2.74. The molecule has 0 aromatic rings. The van der Waals surface area contributed by atoms with E-state index in [0.29, 0.717) is 0 Å². The monoisotopic (exact) mass is 248 g/mol. The number of nitriles is 4. The molecule has 4 nitrogen and oxygen atoms in total. The van der Waals surface area contributed by atoms with Crippen molar-refractivity contribution in [3.8, 4) is 24.3 Å². The maximum Gasteiger partial charge on any atom is 0.182 e. The highest BCUT2D eigenvalue weighted by Crippen LogP contribution is 2.62. The summed E-state index contributed by atoms with van der Waals surface area (Å²) in [6.07, 6.45) is 9.16. The van der Waals surface area contributed by atoms with E-state index in [1.165, 1.54) is 0 Å². The van der Waals surface area contributed by atoms with Crippen LogP contribution in [0.25, 0.3) is 0 Å². The molecule has 0 amide bonds. The van der Waals surface area contributed by atoms with Crippen LogP contribution in [0, 0.1) is 62.1 Å². The maximum absolute atomic E-state index is 9.38. The highest BCUT2D eigenvalue weighted by molar-refractivity contribution is 5.48. The van der Waals surface area contributed by atoms with Crippen LogP contribution in [0.5, 0.6) is 0 Å². The minimum Gasteiger partial charge on any atom is -0.196 e. The van der Waals surface area contributed by atoms with E-state index in [1.54, 1.807) is 0 Å². The van der Waals surface area contributed by atoms with E-state index in [1.807, 2.05) is 42.5 Å². The van der Waals surface area contributed by atoms with Gasteiger partial charge in [-0.05, 0) is 31.3 Å². The van der Waals surface area contributed by atoms with Gasteiger partial charge < -0.3 is 0 Å². The van der Waals surface area contributed by atoms with E-state index in [0.717, 1.165) is 24.8 Å². The normalized spacial score (nSPS) is 26.3. The largest absolute Gasteiger partial charge is 0.196 e. The molecule has 2 aliphatic carbocycles. The van der Waals surface area contributed by atoms with Gasteiger partial charge in [0.25, 0.3) is 0 Å². The molecule has 0 radical (unpaired) electrons. The van der Waals surface area contributed by atoms with Crippen molar-refractivity contribution in [3.63, 3.8) is 0 Å². The zero-order valence-electron chi connectivity index (χ0n) is 10.4. The number of allylic oxidation sites excluding steroid dienone is 4. The Morgan fingerprint density at radius 1 is 1.00 bits per heavy atom. The number of hydrogen-bond acceptors (Lipinski definition) is 4. The first-order valence-corrected chi connectivity index (χ1v) is 6.21. The van der Waals surface area contributed by atoms with E-state index in [-0.39, 0.29) is 12.3 Å². The van der Waals surface area contributed by atoms with Gasteiger partial charge in [0.15, 0.2) is 10.8 Å². The molecule has 0 aromatic heterocycles. The van der Waals surface area contributed by atoms with E-state index < -0.39 is 10.8 Å². The van der Waals surface area contributed by atoms with Crippen molar-refractivity contribution >= 4 is 0 Å². The van der Waals surface area contributed by atoms with E-state index in [4.69, 9.17) is 0 Å². The zero-order chi connectivity index (χ0) is 13.9. The van der Waals surface area contributed by atoms with Crippen LogP contribution in [-0.4, -0.2) is 0 Å². The lowest BCUT2D eigenvalue weighted by Gasteiger charge is -2.49. The molecule has 2 aliphatic rings. The molecular formula is C15H12N4. The molecule has 92 valence electrons. The van der Waals surface area contributed by atoms with E-state index in [9.17, 15) is 21.0 Å². The Bertz CT molecular complexity index is 584. The Kier molecular flexibility index (Phi) is 3.12. The third-order valence-corrected chi connectivity index (χ3v) is 4.11. The third-order valence-electron chi connectivity index (χ3n) is 4.11. The van der Waals surface area contributed by atoms with Gasteiger partial charge in [-0.15, -0.1) is 0 Å². The number of nitrogens with zero attached hydrogens (tertiary/aromatic N) is 4. The molecule has 0 saturated heterocycles. The molecule has 19 heavy (non-hydrogen) atoms. The summed E-state index contributed by atoms with van der Waals surface area (Å²) in [5.74, 6) is -0.337. The summed E-state index contributed by atoms with van der Waals surface area (Å²) < 4.78 is 0. The first kappa shape index (κ1) is 12.9. The second-order valence-corrected chi connectivity index (χ2v) is 4.95. The van der Waals surface area contributed by atoms with Crippen LogP contribution in [0.4, 0.5) is 0 Å². The standard InChI is InChI=1S/C15H12N4/c16-8-14(9-17)7-13(15(14,10-18)11-19)12-5-3-1-2-4-6-12/h3,5-6,13H,1-2,4,7H2. The average molecular weight is 248 g/mol. The van der Waals surface area contributed by atoms with Crippen LogP contribution in [0.3, 0.4) is 0 Å². The average Bonchev–Trinajstić information content (AvgIpc) is 2.70. The van der Waals surface area contributed by atoms with Gasteiger partial charge >= 0.3 is 0 Å². The minimum absolute atomic E-state index is 0.261. The summed E-state index contributed by atoms with van der Waals surface area (Å²) in [6.45, 7) is 0. The van der Waals surface area contributed by atoms with Crippen molar-refractivity contribution in [2.45, 2.75) is 25.7 Å². The molecule has 1 atom stereocenters. The van der Waals surface area contributed by atoms with E-state index >= 15 is 0 Å². The van der Waals surface area contributed by atoms with Crippen molar-refractivity contribution in [2.75, 3.05) is 0 Å². The third kappa shape index (κ3) is 1.55. The van der Waals surface area contributed by atoms with Crippen molar-refractivity contribution in [2.24, 2.45) is 16.7 Å². The van der Waals surface area contributed by atoms with Crippen LogP contribution in [0.2, 0.25) is 0 Å². The summed E-state index contributed by atoms with van der Waals surface area (Å²) in [6, 6.07) is 7.66. The number of hydrogen-bond donors (Lipinski definition) is 0. The van der Waals surface area contributed by atoms with Gasteiger partial charge in [-0.25, -0.2) is 0 Å². The summed E-state index contributed by atoms with van der Waals surface area (Å²) in [7, 11) is 0. The second-order valence-electron chi connectivity index (χ2n) is 4.95. The second kappa shape index (κ2) is 4.61. The molecule has 1 saturated carbocycles. The summed E-state index contributed by atoms with van der Waals surface area (Å²) >= 11 is 0. The zero-order valence-corrected chi connectivity index (χ0v) is 10.4. The Labute approximate surface area is 112 Å². The van der Waals surface area contributed by atoms with Crippen LogP contribution in [-0.2, 0) is 0 Å². The van der Waals surface area contributed by atoms with Crippen molar-refractivity contribution in [1.29, 1.82) is 21.0 Å². The molecule has 4 heteroatoms. The number of rotatable bonds is 1. The molecular weight excluding hydrogens is 236 g/mol. The fourth-order valence-electron chi connectivity index (χ4n) is 2.87. The molecule has 0 spiro atoms. The first-order chi connectivity index (χ1) is 9.19. The van der Waals surface area contributed by atoms with Crippen LogP contribution >= 0.6 is 0 Å². The molecule has 0 N–H and O–H groups in total. The van der Waals surface area contributed by atoms with Crippen LogP contribution in [0.1, 0.15) is 25.7 Å². The van der Waals surface area contributed by atoms with Gasteiger partial charge in [0.05, 0.1) is 24.3 Å². The lowest BCUT2D eigenvalue weighted by molar-refractivity contribution is 0.0648. The lowest BCUT2D eigenvalue weighted by Crippen LogP contribution is -2.56. The summed E-state index contributed by atoms with van der Waals surface area (Å²) in [5, 5.41) is 37.1. The Hall–Kier alpha value is -2.56. The Balaban J connectivity index is 2.45. The van der Waals surface area contributed by atoms with Crippen molar-refractivity contribution < 1.29 is 0 Å². The highest BCUT2D eigenvalue weighted by atomic mass is 14.7. The summed E-state index contributed by atoms with van der Waals surface area (Å²) in [4.78, 5) is 0. The van der Waals surface area contributed by atoms with Crippen LogP contribution in [0.15, 0.2) is 23.8 Å². The molecule has 0 aliphatic heterocycles. The first-order valence-electron chi connectivity index (χ1n) is 6.21. The smallest absolute Gasteiger partial charge is 0.182 e. The molecule has 0 aromatic carbocycles. The van der Waals surface area contributed by atoms with E-state index in [2.05, 4.69) is 0 Å². The SMILES string of the molecule is N#CC1(C#N)CC(C2=CCCCC=C2)C1(C#N)C#N. The van der Waals surface area contributed by atoms with Crippen molar-refractivity contribution in [3.05, 3.63) is 23.8 Å². The molecule has 1 unspecified atom stereocenters. The Morgan fingerprint density at radius 3 is 2.26 bits per heavy atom. The maximum atomic E-state index is 9.38. The minimum atomic E-state index is -1.54. The van der Waals surface area contributed by atoms with Gasteiger partial charge in [0, 0.05) is 5.92 Å². The topological polar surface area (TPSA) is 95.2 Å². The van der Waals surface area contributed by atoms with Crippen molar-refractivity contribution in [1.82, 2.24) is 0 Å². The van der Waals surface area contributed by atoms with Gasteiger partial charge in [-0.1, -0.05) is 18.2 Å². The predicted molar refractivity (Wildman–Crippen MR) is 66.5 cm³/mol. The molecule has 1 fully saturated rings. The molecule has 0 bridgehead atoms. The van der Waals surface area contributed by atoms with Gasteiger partial charge in [-0.2, -0.15) is 21.0 Å². The molecule has 0 heterocycles.